The van der Waals surface area contributed by atoms with Crippen LogP contribution in [0.4, 0.5) is 5.69 Å². The lowest BCUT2D eigenvalue weighted by atomic mass is 10.2. The third-order valence-electron chi connectivity index (χ3n) is 4.03. The number of hydrogen-bond acceptors (Lipinski definition) is 3. The van der Waals surface area contributed by atoms with Gasteiger partial charge in [-0.25, -0.2) is 4.98 Å². The van der Waals surface area contributed by atoms with Gasteiger partial charge in [-0.15, -0.1) is 0 Å². The molecule has 5 heteroatoms. The normalized spacial score (nSPS) is 10.7. The number of hydrogen-bond donors (Lipinski definition) is 1. The lowest BCUT2D eigenvalue weighted by Gasteiger charge is -2.12. The van der Waals surface area contributed by atoms with Crippen LogP contribution in [0.15, 0.2) is 79.0 Å². The number of fused-ring (bicyclic) bond motifs is 1. The van der Waals surface area contributed by atoms with Crippen molar-refractivity contribution in [2.75, 3.05) is 5.32 Å². The van der Waals surface area contributed by atoms with Crippen LogP contribution in [0, 0.1) is 6.92 Å². The minimum Gasteiger partial charge on any atom is -0.455 e. The van der Waals surface area contributed by atoms with Gasteiger partial charge in [0.15, 0.2) is 5.75 Å². The fourth-order valence-electron chi connectivity index (χ4n) is 2.84. The smallest absolute Gasteiger partial charge is 0.274 e. The van der Waals surface area contributed by atoms with E-state index < -0.39 is 0 Å². The number of anilines is 1. The number of nitrogens with zero attached hydrogens (tertiary/aromatic N) is 2. The number of carbonyl (C=O) groups excluding carboxylic acids is 1. The molecule has 0 saturated heterocycles. The monoisotopic (exact) mass is 343 g/mol. The fourth-order valence-corrected chi connectivity index (χ4v) is 2.84. The van der Waals surface area contributed by atoms with Gasteiger partial charge in [-0.1, -0.05) is 36.4 Å². The highest BCUT2D eigenvalue weighted by Gasteiger charge is 2.18. The maximum atomic E-state index is 12.9. The zero-order chi connectivity index (χ0) is 17.9. The van der Waals surface area contributed by atoms with Crippen molar-refractivity contribution in [1.82, 2.24) is 9.38 Å². The van der Waals surface area contributed by atoms with Crippen molar-refractivity contribution >= 4 is 17.2 Å². The largest absolute Gasteiger partial charge is 0.455 e. The number of aryl methyl sites for hydroxylation is 1. The Labute approximate surface area is 150 Å². The summed E-state index contributed by atoms with van der Waals surface area (Å²) in [5.41, 5.74) is 2.53. The number of imidazole rings is 1. The van der Waals surface area contributed by atoms with Gasteiger partial charge in [0.1, 0.15) is 17.1 Å². The average Bonchev–Trinajstić information content (AvgIpc) is 3.00. The topological polar surface area (TPSA) is 55.6 Å². The number of carbonyl (C=O) groups is 1. The van der Waals surface area contributed by atoms with Gasteiger partial charge in [0, 0.05) is 6.20 Å². The zero-order valence-electron chi connectivity index (χ0n) is 14.2. The molecule has 0 saturated carbocycles. The van der Waals surface area contributed by atoms with Gasteiger partial charge in [0.05, 0.1) is 11.4 Å². The van der Waals surface area contributed by atoms with E-state index in [4.69, 9.17) is 4.74 Å². The second-order valence-corrected chi connectivity index (χ2v) is 5.84. The number of rotatable bonds is 4. The van der Waals surface area contributed by atoms with Gasteiger partial charge in [-0.2, -0.15) is 0 Å². The van der Waals surface area contributed by atoms with Gasteiger partial charge in [-0.3, -0.25) is 9.20 Å². The number of ether oxygens (including phenoxy) is 1. The Morgan fingerprint density at radius 1 is 0.962 bits per heavy atom. The first-order chi connectivity index (χ1) is 12.7. The molecule has 0 atom stereocenters. The summed E-state index contributed by atoms with van der Waals surface area (Å²) in [4.78, 5) is 17.3. The molecule has 0 aliphatic rings. The van der Waals surface area contributed by atoms with Crippen LogP contribution < -0.4 is 10.1 Å². The van der Waals surface area contributed by atoms with Gasteiger partial charge >= 0.3 is 0 Å². The van der Waals surface area contributed by atoms with Crippen molar-refractivity contribution in [3.8, 4) is 11.5 Å². The Hall–Kier alpha value is -3.60. The van der Waals surface area contributed by atoms with E-state index in [1.165, 1.54) is 0 Å². The molecule has 0 radical (unpaired) electrons. The number of pyridine rings is 1. The molecule has 128 valence electrons. The summed E-state index contributed by atoms with van der Waals surface area (Å²) < 4.78 is 7.69. The highest BCUT2D eigenvalue weighted by Crippen LogP contribution is 2.29. The SMILES string of the molecule is Cc1nc2ccccn2c1C(=O)Nc1ccccc1Oc1ccccc1. The predicted molar refractivity (Wildman–Crippen MR) is 101 cm³/mol. The minimum atomic E-state index is -0.231. The van der Waals surface area contributed by atoms with Crippen LogP contribution >= 0.6 is 0 Å². The summed E-state index contributed by atoms with van der Waals surface area (Å²) in [6, 6.07) is 22.5. The first-order valence-electron chi connectivity index (χ1n) is 8.29. The molecule has 2 aromatic carbocycles. The van der Waals surface area contributed by atoms with Crippen molar-refractivity contribution in [2.24, 2.45) is 0 Å². The highest BCUT2D eigenvalue weighted by molar-refractivity contribution is 6.05. The fraction of sp³-hybridized carbons (Fsp3) is 0.0476. The maximum Gasteiger partial charge on any atom is 0.274 e. The van der Waals surface area contributed by atoms with Crippen molar-refractivity contribution in [3.63, 3.8) is 0 Å². The molecule has 0 bridgehead atoms. The summed E-state index contributed by atoms with van der Waals surface area (Å²) >= 11 is 0. The number of benzene rings is 2. The Morgan fingerprint density at radius 2 is 1.69 bits per heavy atom. The molecule has 0 spiro atoms. The molecule has 0 aliphatic heterocycles. The highest BCUT2D eigenvalue weighted by atomic mass is 16.5. The number of nitrogens with one attached hydrogen (secondary N) is 1. The van der Waals surface area contributed by atoms with Crippen molar-refractivity contribution in [2.45, 2.75) is 6.92 Å². The van der Waals surface area contributed by atoms with E-state index in [0.29, 0.717) is 28.6 Å². The van der Waals surface area contributed by atoms with Crippen LogP contribution in [0.5, 0.6) is 11.5 Å². The first-order valence-corrected chi connectivity index (χ1v) is 8.29. The molecular weight excluding hydrogens is 326 g/mol. The van der Waals surface area contributed by atoms with Crippen LogP contribution in [0.3, 0.4) is 0 Å². The van der Waals surface area contributed by atoms with Crippen LogP contribution in [-0.4, -0.2) is 15.3 Å². The van der Waals surface area contributed by atoms with E-state index in [1.807, 2.05) is 85.9 Å². The summed E-state index contributed by atoms with van der Waals surface area (Å²) in [6.45, 7) is 1.83. The molecule has 2 heterocycles. The Balaban J connectivity index is 1.65. The van der Waals surface area contributed by atoms with Gasteiger partial charge in [0.25, 0.3) is 5.91 Å². The number of aromatic nitrogens is 2. The molecule has 2 aromatic heterocycles. The zero-order valence-corrected chi connectivity index (χ0v) is 14.2. The maximum absolute atomic E-state index is 12.9. The van der Waals surface area contributed by atoms with Crippen molar-refractivity contribution < 1.29 is 9.53 Å². The summed E-state index contributed by atoms with van der Waals surface area (Å²) in [5, 5.41) is 2.94. The molecule has 26 heavy (non-hydrogen) atoms. The predicted octanol–water partition coefficient (Wildman–Crippen LogP) is 4.69. The van der Waals surface area contributed by atoms with Crippen molar-refractivity contribution in [1.29, 1.82) is 0 Å². The second kappa shape index (κ2) is 6.72. The van der Waals surface area contributed by atoms with Gasteiger partial charge in [0.2, 0.25) is 0 Å². The minimum absolute atomic E-state index is 0.231. The van der Waals surface area contributed by atoms with E-state index in [2.05, 4.69) is 10.3 Å². The molecule has 4 rings (SSSR count). The van der Waals surface area contributed by atoms with E-state index in [9.17, 15) is 4.79 Å². The summed E-state index contributed by atoms with van der Waals surface area (Å²) in [5.74, 6) is 1.06. The van der Waals surface area contributed by atoms with Crippen LogP contribution in [0.25, 0.3) is 5.65 Å². The standard InChI is InChI=1S/C21H17N3O2/c1-15-20(24-14-8-7-13-19(24)22-15)21(25)23-17-11-5-6-12-18(17)26-16-9-3-2-4-10-16/h2-14H,1H3,(H,23,25). The summed E-state index contributed by atoms with van der Waals surface area (Å²) in [7, 11) is 0. The van der Waals surface area contributed by atoms with E-state index in [1.54, 1.807) is 4.40 Å². The third kappa shape index (κ3) is 3.02. The molecule has 0 unspecified atom stereocenters. The molecular formula is C21H17N3O2. The van der Waals surface area contributed by atoms with Crippen LogP contribution in [0.2, 0.25) is 0 Å². The quantitative estimate of drug-likeness (QED) is 0.585. The summed E-state index contributed by atoms with van der Waals surface area (Å²) in [6.07, 6.45) is 1.83. The van der Waals surface area contributed by atoms with Crippen molar-refractivity contribution in [3.05, 3.63) is 90.4 Å². The van der Waals surface area contributed by atoms with E-state index in [0.717, 1.165) is 5.65 Å². The molecule has 1 N–H and O–H groups in total. The third-order valence-corrected chi connectivity index (χ3v) is 4.03. The Morgan fingerprint density at radius 3 is 2.54 bits per heavy atom. The Bertz CT molecular complexity index is 1070. The number of para-hydroxylation sites is 3. The lowest BCUT2D eigenvalue weighted by Crippen LogP contribution is -2.16. The first kappa shape index (κ1) is 15.9. The van der Waals surface area contributed by atoms with Gasteiger partial charge in [-0.05, 0) is 43.3 Å². The molecule has 0 aliphatic carbocycles. The average molecular weight is 343 g/mol. The van der Waals surface area contributed by atoms with Gasteiger partial charge < -0.3 is 10.1 Å². The van der Waals surface area contributed by atoms with Crippen LogP contribution in [-0.2, 0) is 0 Å². The molecule has 0 fully saturated rings. The lowest BCUT2D eigenvalue weighted by molar-refractivity contribution is 0.102. The molecule has 1 amide bonds. The van der Waals surface area contributed by atoms with Crippen LogP contribution in [0.1, 0.15) is 16.2 Å². The van der Waals surface area contributed by atoms with E-state index >= 15 is 0 Å². The number of amides is 1. The molecule has 4 aromatic rings. The van der Waals surface area contributed by atoms with E-state index in [-0.39, 0.29) is 5.91 Å². The Kier molecular flexibility index (Phi) is 4.11. The second-order valence-electron chi connectivity index (χ2n) is 5.84. The molecule has 5 nitrogen and oxygen atoms in total.